The van der Waals surface area contributed by atoms with Crippen LogP contribution in [0.15, 0.2) is 34.2 Å². The molecular formula is C17H17F2N5O2. The zero-order valence-electron chi connectivity index (χ0n) is 13.8. The molecule has 0 saturated heterocycles. The first-order valence-electron chi connectivity index (χ1n) is 8.47. The summed E-state index contributed by atoms with van der Waals surface area (Å²) in [4.78, 5) is 31.9. The Hall–Kier alpha value is -2.84. The molecule has 3 aromatic rings. The van der Waals surface area contributed by atoms with Crippen LogP contribution >= 0.6 is 0 Å². The molecule has 2 aliphatic rings. The van der Waals surface area contributed by atoms with E-state index in [4.69, 9.17) is 0 Å². The lowest BCUT2D eigenvalue weighted by atomic mass is 9.95. The summed E-state index contributed by atoms with van der Waals surface area (Å²) >= 11 is 0. The second kappa shape index (κ2) is 6.15. The minimum absolute atomic E-state index is 0.118. The maximum atomic E-state index is 11.9. The summed E-state index contributed by atoms with van der Waals surface area (Å²) in [5.74, 6) is -1.79. The highest BCUT2D eigenvalue weighted by molar-refractivity contribution is 5.62. The number of alkyl halides is 2. The number of halogens is 2. The van der Waals surface area contributed by atoms with E-state index in [2.05, 4.69) is 20.1 Å². The van der Waals surface area contributed by atoms with Gasteiger partial charge in [0.05, 0.1) is 11.3 Å². The van der Waals surface area contributed by atoms with Crippen molar-refractivity contribution in [3.05, 3.63) is 51.1 Å². The topological polar surface area (TPSA) is 95.9 Å². The second-order valence-electron chi connectivity index (χ2n) is 6.65. The Balaban J connectivity index is 0.000000240. The Bertz CT molecular complexity index is 1060. The van der Waals surface area contributed by atoms with Gasteiger partial charge in [0, 0.05) is 37.0 Å². The van der Waals surface area contributed by atoms with Crippen molar-refractivity contribution < 1.29 is 8.78 Å². The van der Waals surface area contributed by atoms with E-state index in [0.29, 0.717) is 23.6 Å². The van der Waals surface area contributed by atoms with E-state index in [1.807, 2.05) is 6.07 Å². The highest BCUT2D eigenvalue weighted by atomic mass is 19.3. The van der Waals surface area contributed by atoms with Gasteiger partial charge in [-0.3, -0.25) is 9.78 Å². The molecule has 0 amide bonds. The zero-order chi connectivity index (χ0) is 18.3. The van der Waals surface area contributed by atoms with Crippen molar-refractivity contribution in [3.8, 4) is 11.3 Å². The van der Waals surface area contributed by atoms with Gasteiger partial charge in [-0.1, -0.05) is 0 Å². The van der Waals surface area contributed by atoms with Gasteiger partial charge in [-0.2, -0.15) is 5.10 Å². The molecule has 0 radical (unpaired) electrons. The Morgan fingerprint density at radius 2 is 1.96 bits per heavy atom. The van der Waals surface area contributed by atoms with Gasteiger partial charge in [-0.05, 0) is 31.2 Å². The van der Waals surface area contributed by atoms with E-state index in [0.717, 1.165) is 24.1 Å². The van der Waals surface area contributed by atoms with Crippen LogP contribution in [0.25, 0.3) is 16.9 Å². The summed E-state index contributed by atoms with van der Waals surface area (Å²) in [5.41, 5.74) is 1.85. The van der Waals surface area contributed by atoms with Crippen molar-refractivity contribution in [2.75, 3.05) is 0 Å². The zero-order valence-corrected chi connectivity index (χ0v) is 13.8. The third-order valence-corrected chi connectivity index (χ3v) is 4.59. The maximum absolute atomic E-state index is 11.9. The molecule has 9 heteroatoms. The fourth-order valence-electron chi connectivity index (χ4n) is 2.81. The van der Waals surface area contributed by atoms with Gasteiger partial charge in [-0.15, -0.1) is 0 Å². The van der Waals surface area contributed by atoms with Crippen molar-refractivity contribution in [3.63, 3.8) is 0 Å². The Kier molecular flexibility index (Phi) is 3.93. The molecule has 0 aromatic carbocycles. The second-order valence-corrected chi connectivity index (χ2v) is 6.65. The lowest BCUT2D eigenvalue weighted by Gasteiger charge is -2.23. The Morgan fingerprint density at radius 3 is 2.54 bits per heavy atom. The molecule has 136 valence electrons. The number of nitrogens with one attached hydrogen (secondary N) is 2. The van der Waals surface area contributed by atoms with Crippen LogP contribution < -0.4 is 11.2 Å². The van der Waals surface area contributed by atoms with E-state index in [1.165, 1.54) is 6.20 Å². The first-order valence-corrected chi connectivity index (χ1v) is 8.47. The van der Waals surface area contributed by atoms with Gasteiger partial charge >= 0.3 is 5.69 Å². The molecule has 3 aromatic heterocycles. The minimum atomic E-state index is -2.28. The van der Waals surface area contributed by atoms with Crippen LogP contribution in [0, 0.1) is 0 Å². The monoisotopic (exact) mass is 361 g/mol. The van der Waals surface area contributed by atoms with Crippen LogP contribution in [0.5, 0.6) is 0 Å². The number of aromatic nitrogens is 5. The number of nitrogens with zero attached hydrogens (tertiary/aromatic N) is 3. The Morgan fingerprint density at radius 1 is 1.23 bits per heavy atom. The number of hydrogen-bond acceptors (Lipinski definition) is 4. The molecule has 5 rings (SSSR count). The van der Waals surface area contributed by atoms with E-state index < -0.39 is 17.2 Å². The van der Waals surface area contributed by atoms with Crippen molar-refractivity contribution in [1.82, 2.24) is 24.6 Å². The van der Waals surface area contributed by atoms with E-state index in [1.54, 1.807) is 16.9 Å². The van der Waals surface area contributed by atoms with Crippen LogP contribution in [-0.4, -0.2) is 30.5 Å². The van der Waals surface area contributed by atoms with Gasteiger partial charge in [0.25, 0.3) is 5.56 Å². The molecule has 0 bridgehead atoms. The third kappa shape index (κ3) is 3.29. The normalized spacial score (nSPS) is 18.1. The highest BCUT2D eigenvalue weighted by Gasteiger charge is 2.36. The average molecular weight is 361 g/mol. The van der Waals surface area contributed by atoms with Crippen LogP contribution in [0.2, 0.25) is 0 Å². The summed E-state index contributed by atoms with van der Waals surface area (Å²) in [6.07, 6.45) is 8.05. The Labute approximate surface area is 146 Å². The lowest BCUT2D eigenvalue weighted by molar-refractivity contribution is -0.0717. The molecule has 2 N–H and O–H groups in total. The number of aromatic amines is 2. The van der Waals surface area contributed by atoms with E-state index in [-0.39, 0.29) is 12.8 Å². The smallest absolute Gasteiger partial charge is 0.313 e. The summed E-state index contributed by atoms with van der Waals surface area (Å²) in [6, 6.07) is 1.89. The number of rotatable bonds is 2. The number of hydrogen-bond donors (Lipinski definition) is 2. The molecule has 7 nitrogen and oxygen atoms in total. The fourth-order valence-corrected chi connectivity index (χ4v) is 2.81. The molecule has 2 saturated carbocycles. The summed E-state index contributed by atoms with van der Waals surface area (Å²) in [7, 11) is 0. The van der Waals surface area contributed by atoms with Crippen LogP contribution in [0.1, 0.15) is 43.6 Å². The highest BCUT2D eigenvalue weighted by Crippen LogP contribution is 2.42. The molecule has 2 aliphatic carbocycles. The number of imidazole rings is 1. The van der Waals surface area contributed by atoms with Crippen LogP contribution in [0.3, 0.4) is 0 Å². The molecule has 0 aliphatic heterocycles. The number of fused-ring (bicyclic) bond motifs is 1. The minimum Gasteiger partial charge on any atom is -0.313 e. The first kappa shape index (κ1) is 16.6. The standard InChI is InChI=1S/C13H11N5O2.C4H6F2/c19-12-9(6-15-13(20)16-12)10-5-8(7-1-2-7)11-14-3-4-18(11)17-10;5-4(6)2-1-3-4/h3-7H,1-2H2,(H2,15,16,19,20);1-3H2. The van der Waals surface area contributed by atoms with Crippen molar-refractivity contribution in [2.24, 2.45) is 0 Å². The molecular weight excluding hydrogens is 344 g/mol. The third-order valence-electron chi connectivity index (χ3n) is 4.59. The maximum Gasteiger partial charge on any atom is 0.325 e. The van der Waals surface area contributed by atoms with Crippen LogP contribution in [0.4, 0.5) is 8.78 Å². The van der Waals surface area contributed by atoms with Crippen molar-refractivity contribution >= 4 is 5.65 Å². The molecule has 0 atom stereocenters. The molecule has 26 heavy (non-hydrogen) atoms. The lowest BCUT2D eigenvalue weighted by Crippen LogP contribution is -2.24. The molecule has 3 heterocycles. The molecule has 0 spiro atoms. The van der Waals surface area contributed by atoms with Gasteiger partial charge in [0.2, 0.25) is 5.92 Å². The fraction of sp³-hybridized carbons (Fsp3) is 0.412. The molecule has 0 unspecified atom stereocenters. The predicted molar refractivity (Wildman–Crippen MR) is 90.4 cm³/mol. The quantitative estimate of drug-likeness (QED) is 0.733. The summed E-state index contributed by atoms with van der Waals surface area (Å²) in [6.45, 7) is 0. The summed E-state index contributed by atoms with van der Waals surface area (Å²) < 4.78 is 24.8. The number of H-pyrrole nitrogens is 2. The van der Waals surface area contributed by atoms with E-state index in [9.17, 15) is 18.4 Å². The summed E-state index contributed by atoms with van der Waals surface area (Å²) in [5, 5.41) is 4.38. The van der Waals surface area contributed by atoms with Crippen LogP contribution in [-0.2, 0) is 0 Å². The SMILES string of the molecule is FC1(F)CCC1.O=c1[nH]cc(-c2cc(C3CC3)c3nccn3n2)c(=O)[nH]1. The van der Waals surface area contributed by atoms with Crippen molar-refractivity contribution in [2.45, 2.75) is 43.9 Å². The van der Waals surface area contributed by atoms with Gasteiger partial charge in [0.15, 0.2) is 5.65 Å². The van der Waals surface area contributed by atoms with Gasteiger partial charge in [-0.25, -0.2) is 23.1 Å². The van der Waals surface area contributed by atoms with Crippen molar-refractivity contribution in [1.29, 1.82) is 0 Å². The first-order chi connectivity index (χ1) is 12.4. The van der Waals surface area contributed by atoms with Gasteiger partial charge in [0.1, 0.15) is 0 Å². The van der Waals surface area contributed by atoms with E-state index >= 15 is 0 Å². The predicted octanol–water partition coefficient (Wildman–Crippen LogP) is 2.46. The van der Waals surface area contributed by atoms with Gasteiger partial charge < -0.3 is 4.98 Å². The molecule has 2 fully saturated rings. The largest absolute Gasteiger partial charge is 0.325 e. The average Bonchev–Trinajstić information content (AvgIpc) is 3.30.